The molecule has 6 heteroatoms. The molecule has 2 heterocycles. The Balaban J connectivity index is 1.72. The molecule has 0 spiro atoms. The second-order valence-corrected chi connectivity index (χ2v) is 10.1. The van der Waals surface area contributed by atoms with E-state index < -0.39 is 0 Å². The first-order chi connectivity index (χ1) is 15.6. The summed E-state index contributed by atoms with van der Waals surface area (Å²) in [5.74, 6) is 0.568. The molecule has 5 nitrogen and oxygen atoms in total. The number of fused-ring (bicyclic) bond motifs is 1. The average Bonchev–Trinajstić information content (AvgIpc) is 3.08. The molecule has 0 radical (unpaired) electrons. The van der Waals surface area contributed by atoms with E-state index in [-0.39, 0.29) is 22.9 Å². The van der Waals surface area contributed by atoms with Crippen molar-refractivity contribution < 1.29 is 9.18 Å². The van der Waals surface area contributed by atoms with Crippen LogP contribution in [0.3, 0.4) is 0 Å². The smallest absolute Gasteiger partial charge is 0.162 e. The Labute approximate surface area is 193 Å². The van der Waals surface area contributed by atoms with Crippen LogP contribution in [0.2, 0.25) is 0 Å². The Kier molecular flexibility index (Phi) is 4.92. The highest BCUT2D eigenvalue weighted by Gasteiger charge is 2.42. The zero-order chi connectivity index (χ0) is 23.5. The lowest BCUT2D eigenvalue weighted by molar-refractivity contribution is -0.118. The van der Waals surface area contributed by atoms with Crippen molar-refractivity contribution in [2.45, 2.75) is 39.5 Å². The van der Waals surface area contributed by atoms with Crippen LogP contribution in [0.5, 0.6) is 0 Å². The molecule has 0 saturated carbocycles. The number of Topliss-reactive ketones (excluding diaryl/α,β-unsaturated/α-hetero) is 1. The van der Waals surface area contributed by atoms with Crippen molar-refractivity contribution in [2.75, 3.05) is 24.3 Å². The number of aryl methyl sites for hydroxylation is 1. The summed E-state index contributed by atoms with van der Waals surface area (Å²) >= 11 is 0. The van der Waals surface area contributed by atoms with E-state index in [9.17, 15) is 9.18 Å². The van der Waals surface area contributed by atoms with Crippen molar-refractivity contribution >= 4 is 17.3 Å². The summed E-state index contributed by atoms with van der Waals surface area (Å²) in [5, 5.41) is 8.39. The standard InChI is InChI=1S/C27H29FN4O/c1-16-23-24(17-6-10-19(11-7-17)31(4)5)25-21(14-27(2,3)15-22(25)33)29-26(23)32(30-16)20-12-8-18(28)9-13-20/h6-13,24,29H,14-15H2,1-5H3. The van der Waals surface area contributed by atoms with Gasteiger partial charge in [0.25, 0.3) is 0 Å². The van der Waals surface area contributed by atoms with Gasteiger partial charge in [-0.25, -0.2) is 9.07 Å². The van der Waals surface area contributed by atoms with Gasteiger partial charge < -0.3 is 10.2 Å². The average molecular weight is 445 g/mol. The maximum Gasteiger partial charge on any atom is 0.162 e. The molecule has 2 aromatic carbocycles. The van der Waals surface area contributed by atoms with E-state index in [1.807, 2.05) is 25.7 Å². The first-order valence-electron chi connectivity index (χ1n) is 11.3. The number of nitrogens with one attached hydrogen (secondary N) is 1. The van der Waals surface area contributed by atoms with Crippen molar-refractivity contribution in [1.29, 1.82) is 0 Å². The van der Waals surface area contributed by atoms with Crippen LogP contribution in [-0.4, -0.2) is 29.7 Å². The van der Waals surface area contributed by atoms with Crippen LogP contribution in [0.4, 0.5) is 15.9 Å². The van der Waals surface area contributed by atoms with Crippen molar-refractivity contribution in [3.63, 3.8) is 0 Å². The van der Waals surface area contributed by atoms with Crippen LogP contribution < -0.4 is 10.2 Å². The quantitative estimate of drug-likeness (QED) is 0.572. The molecule has 0 fully saturated rings. The first-order valence-corrected chi connectivity index (χ1v) is 11.3. The van der Waals surface area contributed by atoms with Crippen molar-refractivity contribution in [3.8, 4) is 5.69 Å². The summed E-state index contributed by atoms with van der Waals surface area (Å²) in [6, 6.07) is 14.7. The Morgan fingerprint density at radius 1 is 1.06 bits per heavy atom. The van der Waals surface area contributed by atoms with Crippen LogP contribution in [0.1, 0.15) is 49.4 Å². The van der Waals surface area contributed by atoms with Gasteiger partial charge in [0.15, 0.2) is 5.78 Å². The van der Waals surface area contributed by atoms with Crippen LogP contribution in [0, 0.1) is 18.2 Å². The zero-order valence-electron chi connectivity index (χ0n) is 19.7. The highest BCUT2D eigenvalue weighted by molar-refractivity contribution is 6.01. The van der Waals surface area contributed by atoms with Crippen molar-refractivity contribution in [3.05, 3.63) is 82.4 Å². The molecule has 170 valence electrons. The SMILES string of the molecule is Cc1nn(-c2ccc(F)cc2)c2c1C(c1ccc(N(C)C)cc1)C1=C(CC(C)(C)CC1=O)N2. The molecule has 33 heavy (non-hydrogen) atoms. The fraction of sp³-hybridized carbons (Fsp3) is 0.333. The number of rotatable bonds is 3. The molecule has 0 bridgehead atoms. The predicted octanol–water partition coefficient (Wildman–Crippen LogP) is 5.59. The number of allylic oxidation sites excluding steroid dienone is 2. The molecule has 0 amide bonds. The summed E-state index contributed by atoms with van der Waals surface area (Å²) in [4.78, 5) is 15.5. The van der Waals surface area contributed by atoms with Gasteiger partial charge in [-0.05, 0) is 60.7 Å². The van der Waals surface area contributed by atoms with Gasteiger partial charge in [0.1, 0.15) is 11.6 Å². The van der Waals surface area contributed by atoms with E-state index in [4.69, 9.17) is 5.10 Å². The minimum absolute atomic E-state index is 0.116. The van der Waals surface area contributed by atoms with Gasteiger partial charge in [0.05, 0.1) is 11.4 Å². The predicted molar refractivity (Wildman–Crippen MR) is 130 cm³/mol. The molecule has 1 aromatic heterocycles. The number of carbonyl (C=O) groups excluding carboxylic acids is 1. The van der Waals surface area contributed by atoms with Crippen LogP contribution in [-0.2, 0) is 4.79 Å². The van der Waals surface area contributed by atoms with E-state index in [1.165, 1.54) is 12.1 Å². The maximum absolute atomic E-state index is 13.6. The summed E-state index contributed by atoms with van der Waals surface area (Å²) in [7, 11) is 4.03. The second kappa shape index (κ2) is 7.58. The third kappa shape index (κ3) is 3.63. The van der Waals surface area contributed by atoms with E-state index in [0.717, 1.165) is 51.7 Å². The molecule has 0 saturated heterocycles. The minimum atomic E-state index is -0.284. The normalized spacial score (nSPS) is 19.1. The van der Waals surface area contributed by atoms with Gasteiger partial charge in [-0.3, -0.25) is 4.79 Å². The number of aromatic nitrogens is 2. The number of hydrogen-bond acceptors (Lipinski definition) is 4. The number of carbonyl (C=O) groups is 1. The molecule has 1 unspecified atom stereocenters. The fourth-order valence-electron chi connectivity index (χ4n) is 5.14. The summed E-state index contributed by atoms with van der Waals surface area (Å²) < 4.78 is 15.4. The summed E-state index contributed by atoms with van der Waals surface area (Å²) in [5.41, 5.74) is 6.52. The molecule has 1 aliphatic carbocycles. The fourth-order valence-corrected chi connectivity index (χ4v) is 5.14. The largest absolute Gasteiger partial charge is 0.378 e. The van der Waals surface area contributed by atoms with Gasteiger partial charge in [0, 0.05) is 49.0 Å². The lowest BCUT2D eigenvalue weighted by atomic mass is 9.69. The first kappa shape index (κ1) is 21.4. The molecular weight excluding hydrogens is 415 g/mol. The lowest BCUT2D eigenvalue weighted by Crippen LogP contribution is -2.34. The third-order valence-corrected chi connectivity index (χ3v) is 6.69. The number of halogens is 1. The summed E-state index contributed by atoms with van der Waals surface area (Å²) in [6.07, 6.45) is 1.31. The van der Waals surface area contributed by atoms with E-state index in [2.05, 4.69) is 48.3 Å². The topological polar surface area (TPSA) is 50.2 Å². The number of benzene rings is 2. The van der Waals surface area contributed by atoms with Gasteiger partial charge in [-0.2, -0.15) is 5.10 Å². The van der Waals surface area contributed by atoms with E-state index in [1.54, 1.807) is 12.1 Å². The van der Waals surface area contributed by atoms with Crippen LogP contribution >= 0.6 is 0 Å². The zero-order valence-corrected chi connectivity index (χ0v) is 19.7. The summed E-state index contributed by atoms with van der Waals surface area (Å²) in [6.45, 7) is 6.25. The highest BCUT2D eigenvalue weighted by atomic mass is 19.1. The van der Waals surface area contributed by atoms with Crippen LogP contribution in [0.15, 0.2) is 59.8 Å². The maximum atomic E-state index is 13.6. The molecule has 1 atom stereocenters. The van der Waals surface area contributed by atoms with Crippen molar-refractivity contribution in [1.82, 2.24) is 9.78 Å². The van der Waals surface area contributed by atoms with Gasteiger partial charge in [-0.1, -0.05) is 26.0 Å². The third-order valence-electron chi connectivity index (χ3n) is 6.69. The van der Waals surface area contributed by atoms with Gasteiger partial charge in [0.2, 0.25) is 0 Å². The second-order valence-electron chi connectivity index (χ2n) is 10.1. The highest BCUT2D eigenvalue weighted by Crippen LogP contribution is 2.50. The molecule has 3 aromatic rings. The van der Waals surface area contributed by atoms with Crippen molar-refractivity contribution in [2.24, 2.45) is 5.41 Å². The molecule has 2 aliphatic rings. The Morgan fingerprint density at radius 3 is 2.36 bits per heavy atom. The number of ketones is 1. The molecule has 1 aliphatic heterocycles. The van der Waals surface area contributed by atoms with Gasteiger partial charge >= 0.3 is 0 Å². The number of hydrogen-bond donors (Lipinski definition) is 1. The molecule has 1 N–H and O–H groups in total. The van der Waals surface area contributed by atoms with Crippen LogP contribution in [0.25, 0.3) is 5.69 Å². The van der Waals surface area contributed by atoms with E-state index >= 15 is 0 Å². The minimum Gasteiger partial charge on any atom is -0.378 e. The lowest BCUT2D eigenvalue weighted by Gasteiger charge is -2.38. The molecular formula is C27H29FN4O. The monoisotopic (exact) mass is 444 g/mol. The Bertz CT molecular complexity index is 1270. The Hall–Kier alpha value is -3.41. The molecule has 5 rings (SSSR count). The number of nitrogens with zero attached hydrogens (tertiary/aromatic N) is 3. The number of anilines is 2. The van der Waals surface area contributed by atoms with Gasteiger partial charge in [-0.15, -0.1) is 0 Å². The Morgan fingerprint density at radius 2 is 1.73 bits per heavy atom. The van der Waals surface area contributed by atoms with E-state index in [0.29, 0.717) is 6.42 Å².